The molecule has 2 nitrogen and oxygen atoms in total. The Labute approximate surface area is 148 Å². The molecule has 1 N–H and O–H groups in total. The van der Waals surface area contributed by atoms with Crippen LogP contribution in [-0.4, -0.2) is 12.3 Å². The van der Waals surface area contributed by atoms with E-state index in [2.05, 4.69) is 47.8 Å². The number of hydrogen-bond donors (Lipinski definition) is 1. The monoisotopic (exact) mass is 329 g/mol. The Morgan fingerprint density at radius 2 is 2.00 bits per heavy atom. The van der Waals surface area contributed by atoms with E-state index in [9.17, 15) is 0 Å². The fraction of sp³-hybridized carbons (Fsp3) is 0.391. The first-order chi connectivity index (χ1) is 12.3. The van der Waals surface area contributed by atoms with Gasteiger partial charge in [0.2, 0.25) is 0 Å². The third-order valence-electron chi connectivity index (χ3n) is 6.66. The molecular formula is C23H23NO. The van der Waals surface area contributed by atoms with Crippen molar-refractivity contribution in [3.8, 4) is 0 Å². The first kappa shape index (κ1) is 14.1. The van der Waals surface area contributed by atoms with Crippen LogP contribution in [0.25, 0.3) is 10.8 Å². The molecule has 2 aromatic rings. The number of piperidine rings is 1. The molecule has 1 spiro atoms. The molecule has 0 aromatic heterocycles. The van der Waals surface area contributed by atoms with E-state index < -0.39 is 0 Å². The van der Waals surface area contributed by atoms with Crippen LogP contribution >= 0.6 is 0 Å². The lowest BCUT2D eigenvalue weighted by atomic mass is 9.77. The fourth-order valence-electron chi connectivity index (χ4n) is 5.47. The lowest BCUT2D eigenvalue weighted by molar-refractivity contribution is -0.0160. The molecule has 6 rings (SSSR count). The lowest BCUT2D eigenvalue weighted by Gasteiger charge is -2.34. The highest BCUT2D eigenvalue weighted by Crippen LogP contribution is 2.53. The van der Waals surface area contributed by atoms with E-state index in [0.29, 0.717) is 5.92 Å². The van der Waals surface area contributed by atoms with Crippen LogP contribution in [0, 0.1) is 0 Å². The molecule has 2 fully saturated rings. The van der Waals surface area contributed by atoms with E-state index in [1.165, 1.54) is 46.9 Å². The molecule has 2 saturated heterocycles. The van der Waals surface area contributed by atoms with Gasteiger partial charge in [-0.2, -0.15) is 0 Å². The number of allylic oxidation sites excluding steroid dienone is 3. The van der Waals surface area contributed by atoms with Crippen molar-refractivity contribution in [1.82, 2.24) is 5.32 Å². The smallest absolute Gasteiger partial charge is 0.165 e. The Hall–Kier alpha value is -2.06. The number of benzene rings is 2. The average Bonchev–Trinajstić information content (AvgIpc) is 3.16. The van der Waals surface area contributed by atoms with E-state index >= 15 is 0 Å². The number of rotatable bonds is 0. The van der Waals surface area contributed by atoms with Gasteiger partial charge in [-0.25, -0.2) is 0 Å². The van der Waals surface area contributed by atoms with Crippen molar-refractivity contribution in [2.45, 2.75) is 50.2 Å². The number of nitrogens with one attached hydrogen (secondary N) is 1. The standard InChI is InChI=1S/C23H23NO/c1-2-6-16-15(5-1)7-8-18-17(16)9-10-19-20(18)13-22-21(19)14-23(25-22)11-3-4-12-24-23/h1-2,5-8,13,20,24H,3-4,9-12,14H2. The van der Waals surface area contributed by atoms with Crippen LogP contribution in [0.4, 0.5) is 0 Å². The normalized spacial score (nSPS) is 30.1. The van der Waals surface area contributed by atoms with Gasteiger partial charge in [0.05, 0.1) is 0 Å². The summed E-state index contributed by atoms with van der Waals surface area (Å²) in [5, 5.41) is 6.47. The largest absolute Gasteiger partial charge is 0.472 e. The Morgan fingerprint density at radius 1 is 1.04 bits per heavy atom. The molecule has 126 valence electrons. The summed E-state index contributed by atoms with van der Waals surface area (Å²) in [6, 6.07) is 13.5. The van der Waals surface area contributed by atoms with Crippen LogP contribution in [0.1, 0.15) is 49.1 Å². The zero-order valence-corrected chi connectivity index (χ0v) is 14.5. The highest BCUT2D eigenvalue weighted by Gasteiger charge is 2.46. The van der Waals surface area contributed by atoms with Crippen molar-refractivity contribution < 1.29 is 4.74 Å². The molecule has 2 unspecified atom stereocenters. The van der Waals surface area contributed by atoms with Crippen molar-refractivity contribution >= 4 is 10.8 Å². The summed E-state index contributed by atoms with van der Waals surface area (Å²) < 4.78 is 6.50. The Morgan fingerprint density at radius 3 is 2.92 bits per heavy atom. The average molecular weight is 329 g/mol. The molecule has 4 aliphatic rings. The molecule has 2 aliphatic carbocycles. The van der Waals surface area contributed by atoms with Gasteiger partial charge >= 0.3 is 0 Å². The summed E-state index contributed by atoms with van der Waals surface area (Å²) >= 11 is 0. The van der Waals surface area contributed by atoms with E-state index in [1.54, 1.807) is 11.1 Å². The zero-order chi connectivity index (χ0) is 16.4. The second-order valence-electron chi connectivity index (χ2n) is 8.02. The number of aryl methyl sites for hydroxylation is 1. The molecule has 0 saturated carbocycles. The van der Waals surface area contributed by atoms with Gasteiger partial charge in [0.25, 0.3) is 0 Å². The van der Waals surface area contributed by atoms with E-state index in [0.717, 1.165) is 25.8 Å². The second kappa shape index (κ2) is 4.98. The molecule has 2 aromatic carbocycles. The topological polar surface area (TPSA) is 21.3 Å². The fourth-order valence-corrected chi connectivity index (χ4v) is 5.47. The highest BCUT2D eigenvalue weighted by atomic mass is 16.5. The second-order valence-corrected chi connectivity index (χ2v) is 8.02. The summed E-state index contributed by atoms with van der Waals surface area (Å²) in [7, 11) is 0. The Kier molecular flexibility index (Phi) is 2.82. The molecular weight excluding hydrogens is 306 g/mol. The third-order valence-corrected chi connectivity index (χ3v) is 6.66. The predicted octanol–water partition coefficient (Wildman–Crippen LogP) is 4.95. The van der Waals surface area contributed by atoms with Crippen LogP contribution in [0.2, 0.25) is 0 Å². The summed E-state index contributed by atoms with van der Waals surface area (Å²) in [4.78, 5) is 0. The van der Waals surface area contributed by atoms with Crippen LogP contribution in [-0.2, 0) is 11.2 Å². The van der Waals surface area contributed by atoms with Gasteiger partial charge in [0.1, 0.15) is 5.76 Å². The van der Waals surface area contributed by atoms with Gasteiger partial charge in [-0.15, -0.1) is 0 Å². The molecule has 0 bridgehead atoms. The van der Waals surface area contributed by atoms with E-state index in [-0.39, 0.29) is 5.72 Å². The zero-order valence-electron chi connectivity index (χ0n) is 14.5. The Bertz CT molecular complexity index is 946. The maximum atomic E-state index is 6.50. The van der Waals surface area contributed by atoms with E-state index in [4.69, 9.17) is 4.74 Å². The van der Waals surface area contributed by atoms with Crippen molar-refractivity contribution in [1.29, 1.82) is 0 Å². The predicted molar refractivity (Wildman–Crippen MR) is 100 cm³/mol. The maximum absolute atomic E-state index is 6.50. The summed E-state index contributed by atoms with van der Waals surface area (Å²) in [6.07, 6.45) is 9.51. The molecule has 2 heteroatoms. The van der Waals surface area contributed by atoms with Crippen molar-refractivity contribution in [2.24, 2.45) is 0 Å². The van der Waals surface area contributed by atoms with Crippen LogP contribution in [0.5, 0.6) is 0 Å². The number of ether oxygens (including phenoxy) is 1. The summed E-state index contributed by atoms with van der Waals surface area (Å²) in [6.45, 7) is 1.09. The van der Waals surface area contributed by atoms with Gasteiger partial charge in [-0.3, -0.25) is 5.32 Å². The molecule has 0 radical (unpaired) electrons. The first-order valence-electron chi connectivity index (χ1n) is 9.72. The number of fused-ring (bicyclic) bond motifs is 6. The molecule has 0 amide bonds. The van der Waals surface area contributed by atoms with Gasteiger partial charge in [0, 0.05) is 18.8 Å². The van der Waals surface area contributed by atoms with Crippen molar-refractivity contribution in [2.75, 3.05) is 6.54 Å². The van der Waals surface area contributed by atoms with Gasteiger partial charge in [-0.1, -0.05) is 42.0 Å². The van der Waals surface area contributed by atoms with Gasteiger partial charge < -0.3 is 4.74 Å². The molecule has 25 heavy (non-hydrogen) atoms. The van der Waals surface area contributed by atoms with Crippen LogP contribution in [0.3, 0.4) is 0 Å². The van der Waals surface area contributed by atoms with Gasteiger partial charge in [-0.05, 0) is 65.8 Å². The first-order valence-corrected chi connectivity index (χ1v) is 9.72. The van der Waals surface area contributed by atoms with Crippen LogP contribution < -0.4 is 5.32 Å². The quantitative estimate of drug-likeness (QED) is 0.738. The molecule has 2 atom stereocenters. The SMILES string of the molecule is C1=C2OC3(CCCCN3)CC2=C2CCc3c(ccc4ccccc34)C12. The van der Waals surface area contributed by atoms with Crippen molar-refractivity contribution in [3.05, 3.63) is 70.5 Å². The number of hydrogen-bond acceptors (Lipinski definition) is 2. The van der Waals surface area contributed by atoms with E-state index in [1.807, 2.05) is 0 Å². The summed E-state index contributed by atoms with van der Waals surface area (Å²) in [5.74, 6) is 1.62. The molecule has 2 heterocycles. The van der Waals surface area contributed by atoms with Crippen molar-refractivity contribution in [3.63, 3.8) is 0 Å². The summed E-state index contributed by atoms with van der Waals surface area (Å²) in [5.41, 5.74) is 6.10. The minimum Gasteiger partial charge on any atom is -0.472 e. The minimum absolute atomic E-state index is 0.0962. The highest BCUT2D eigenvalue weighted by molar-refractivity contribution is 5.88. The minimum atomic E-state index is -0.0962. The lowest BCUT2D eigenvalue weighted by Crippen LogP contribution is -2.47. The Balaban J connectivity index is 1.44. The molecule has 2 aliphatic heterocycles. The maximum Gasteiger partial charge on any atom is 0.165 e. The van der Waals surface area contributed by atoms with Crippen LogP contribution in [0.15, 0.2) is 59.4 Å². The third kappa shape index (κ3) is 1.95. The van der Waals surface area contributed by atoms with Gasteiger partial charge in [0.15, 0.2) is 5.72 Å².